The molecule has 0 saturated heterocycles. The molecule has 2 rings (SSSR count). The molecule has 0 bridgehead atoms. The molecular formula is C15H22ClNO. The first-order chi connectivity index (χ1) is 8.64. The summed E-state index contributed by atoms with van der Waals surface area (Å²) in [5.74, 6) is 1.65. The van der Waals surface area contributed by atoms with Gasteiger partial charge in [0.2, 0.25) is 0 Å². The third-order valence-electron chi connectivity index (χ3n) is 4.02. The molecule has 18 heavy (non-hydrogen) atoms. The van der Waals surface area contributed by atoms with Crippen molar-refractivity contribution in [3.63, 3.8) is 0 Å². The van der Waals surface area contributed by atoms with Crippen molar-refractivity contribution in [3.05, 3.63) is 28.8 Å². The lowest BCUT2D eigenvalue weighted by Gasteiger charge is -2.21. The van der Waals surface area contributed by atoms with Gasteiger partial charge in [-0.2, -0.15) is 0 Å². The van der Waals surface area contributed by atoms with Crippen molar-refractivity contribution in [2.45, 2.75) is 32.1 Å². The fraction of sp³-hybridized carbons (Fsp3) is 0.600. The number of hydrogen-bond donors (Lipinski definition) is 1. The molecule has 0 heterocycles. The van der Waals surface area contributed by atoms with Gasteiger partial charge in [0.25, 0.3) is 0 Å². The lowest BCUT2D eigenvalue weighted by molar-refractivity contribution is 0.399. The van der Waals surface area contributed by atoms with Gasteiger partial charge in [-0.3, -0.25) is 0 Å². The van der Waals surface area contributed by atoms with Crippen LogP contribution in [0.15, 0.2) is 18.2 Å². The molecule has 0 spiro atoms. The lowest BCUT2D eigenvalue weighted by atomic mass is 9.92. The molecule has 1 fully saturated rings. The van der Waals surface area contributed by atoms with Gasteiger partial charge in [-0.25, -0.2) is 0 Å². The fourth-order valence-corrected chi connectivity index (χ4v) is 2.93. The molecule has 1 aliphatic rings. The molecule has 100 valence electrons. The monoisotopic (exact) mass is 267 g/mol. The Labute approximate surface area is 115 Å². The van der Waals surface area contributed by atoms with E-state index in [-0.39, 0.29) is 5.41 Å². The van der Waals surface area contributed by atoms with E-state index in [4.69, 9.17) is 16.3 Å². The molecule has 1 aromatic carbocycles. The Morgan fingerprint density at radius 1 is 1.50 bits per heavy atom. The zero-order chi connectivity index (χ0) is 13.2. The zero-order valence-electron chi connectivity index (χ0n) is 11.4. The summed E-state index contributed by atoms with van der Waals surface area (Å²) in [6.07, 6.45) is 2.37. The van der Waals surface area contributed by atoms with Crippen molar-refractivity contribution in [1.29, 1.82) is 0 Å². The molecule has 1 N–H and O–H groups in total. The van der Waals surface area contributed by atoms with Crippen LogP contribution >= 0.6 is 11.6 Å². The van der Waals surface area contributed by atoms with E-state index in [0.717, 1.165) is 30.3 Å². The predicted molar refractivity (Wildman–Crippen MR) is 76.6 cm³/mol. The van der Waals surface area contributed by atoms with E-state index >= 15 is 0 Å². The van der Waals surface area contributed by atoms with Crippen LogP contribution in [0.25, 0.3) is 0 Å². The highest BCUT2D eigenvalue weighted by Crippen LogP contribution is 2.56. The molecule has 2 nitrogen and oxygen atoms in total. The first-order valence-electron chi connectivity index (χ1n) is 6.68. The molecule has 0 radical (unpaired) electrons. The molecule has 0 aliphatic heterocycles. The second-order valence-electron chi connectivity index (χ2n) is 5.28. The number of ether oxygens (including phenoxy) is 1. The highest BCUT2D eigenvalue weighted by Gasteiger charge is 2.53. The van der Waals surface area contributed by atoms with Crippen LogP contribution in [0.2, 0.25) is 5.02 Å². The third kappa shape index (κ3) is 2.50. The summed E-state index contributed by atoms with van der Waals surface area (Å²) in [6, 6.07) is 5.94. The summed E-state index contributed by atoms with van der Waals surface area (Å²) in [7, 11) is 1.73. The van der Waals surface area contributed by atoms with E-state index < -0.39 is 0 Å². The van der Waals surface area contributed by atoms with Crippen molar-refractivity contribution in [2.24, 2.45) is 5.92 Å². The number of rotatable bonds is 6. The van der Waals surface area contributed by atoms with Gasteiger partial charge < -0.3 is 10.1 Å². The van der Waals surface area contributed by atoms with Crippen LogP contribution in [0.5, 0.6) is 5.75 Å². The van der Waals surface area contributed by atoms with Crippen molar-refractivity contribution < 1.29 is 4.74 Å². The second-order valence-corrected chi connectivity index (χ2v) is 5.72. The molecular weight excluding hydrogens is 246 g/mol. The van der Waals surface area contributed by atoms with Gasteiger partial charge in [-0.15, -0.1) is 0 Å². The van der Waals surface area contributed by atoms with Gasteiger partial charge in [-0.1, -0.05) is 25.4 Å². The zero-order valence-corrected chi connectivity index (χ0v) is 12.2. The van der Waals surface area contributed by atoms with Gasteiger partial charge in [0.15, 0.2) is 0 Å². The van der Waals surface area contributed by atoms with Crippen molar-refractivity contribution in [3.8, 4) is 5.75 Å². The van der Waals surface area contributed by atoms with Crippen LogP contribution in [-0.2, 0) is 5.41 Å². The number of halogens is 1. The quantitative estimate of drug-likeness (QED) is 0.795. The highest BCUT2D eigenvalue weighted by atomic mass is 35.5. The molecule has 1 aromatic rings. The molecule has 1 saturated carbocycles. The SMILES string of the molecule is CCCNCC1(c2cc(Cl)ccc2OC)CC1C. The van der Waals surface area contributed by atoms with E-state index in [1.807, 2.05) is 12.1 Å². The fourth-order valence-electron chi connectivity index (χ4n) is 2.76. The smallest absolute Gasteiger partial charge is 0.122 e. The average Bonchev–Trinajstić information content (AvgIpc) is 3.01. The van der Waals surface area contributed by atoms with E-state index in [1.54, 1.807) is 7.11 Å². The molecule has 1 aliphatic carbocycles. The average molecular weight is 268 g/mol. The van der Waals surface area contributed by atoms with Gasteiger partial charge in [-0.05, 0) is 43.5 Å². The van der Waals surface area contributed by atoms with Crippen LogP contribution in [0.1, 0.15) is 32.3 Å². The van der Waals surface area contributed by atoms with Crippen molar-refractivity contribution in [1.82, 2.24) is 5.32 Å². The summed E-state index contributed by atoms with van der Waals surface area (Å²) < 4.78 is 5.49. The number of hydrogen-bond acceptors (Lipinski definition) is 2. The van der Waals surface area contributed by atoms with Crippen LogP contribution in [0.3, 0.4) is 0 Å². The molecule has 2 atom stereocenters. The Bertz CT molecular complexity index is 421. The number of nitrogens with one attached hydrogen (secondary N) is 1. The summed E-state index contributed by atoms with van der Waals surface area (Å²) in [5, 5.41) is 4.33. The lowest BCUT2D eigenvalue weighted by Crippen LogP contribution is -2.29. The minimum atomic E-state index is 0.214. The van der Waals surface area contributed by atoms with Gasteiger partial charge in [0, 0.05) is 22.5 Å². The molecule has 3 heteroatoms. The maximum absolute atomic E-state index is 6.14. The first-order valence-corrected chi connectivity index (χ1v) is 7.06. The minimum absolute atomic E-state index is 0.214. The van der Waals surface area contributed by atoms with Crippen LogP contribution in [0.4, 0.5) is 0 Å². The van der Waals surface area contributed by atoms with Gasteiger partial charge in [0.1, 0.15) is 5.75 Å². The Morgan fingerprint density at radius 2 is 2.22 bits per heavy atom. The van der Waals surface area contributed by atoms with E-state index in [1.165, 1.54) is 12.0 Å². The standard InChI is InChI=1S/C15H22ClNO/c1-4-7-17-10-15(9-11(15)2)13-8-12(16)5-6-14(13)18-3/h5-6,8,11,17H,4,7,9-10H2,1-3H3. The minimum Gasteiger partial charge on any atom is -0.496 e. The topological polar surface area (TPSA) is 21.3 Å². The molecule has 0 amide bonds. The highest BCUT2D eigenvalue weighted by molar-refractivity contribution is 6.30. The van der Waals surface area contributed by atoms with E-state index in [9.17, 15) is 0 Å². The summed E-state index contributed by atoms with van der Waals surface area (Å²) in [6.45, 7) is 6.57. The number of benzene rings is 1. The van der Waals surface area contributed by atoms with Crippen molar-refractivity contribution in [2.75, 3.05) is 20.2 Å². The van der Waals surface area contributed by atoms with Crippen LogP contribution < -0.4 is 10.1 Å². The normalized spacial score (nSPS) is 26.1. The molecule has 0 aromatic heterocycles. The maximum Gasteiger partial charge on any atom is 0.122 e. The Morgan fingerprint density at radius 3 is 2.78 bits per heavy atom. The summed E-state index contributed by atoms with van der Waals surface area (Å²) in [5.41, 5.74) is 1.47. The summed E-state index contributed by atoms with van der Waals surface area (Å²) in [4.78, 5) is 0. The Kier molecular flexibility index (Phi) is 4.18. The molecule has 2 unspecified atom stereocenters. The van der Waals surface area contributed by atoms with Crippen LogP contribution in [-0.4, -0.2) is 20.2 Å². The summed E-state index contributed by atoms with van der Waals surface area (Å²) >= 11 is 6.14. The Balaban J connectivity index is 2.24. The second kappa shape index (κ2) is 5.50. The predicted octanol–water partition coefficient (Wildman–Crippen LogP) is 3.63. The third-order valence-corrected chi connectivity index (χ3v) is 4.25. The first kappa shape index (κ1) is 13.7. The van der Waals surface area contributed by atoms with Gasteiger partial charge in [0.05, 0.1) is 7.11 Å². The van der Waals surface area contributed by atoms with E-state index in [0.29, 0.717) is 5.92 Å². The Hall–Kier alpha value is -0.730. The van der Waals surface area contributed by atoms with Crippen molar-refractivity contribution >= 4 is 11.6 Å². The maximum atomic E-state index is 6.14. The number of methoxy groups -OCH3 is 1. The van der Waals surface area contributed by atoms with Gasteiger partial charge >= 0.3 is 0 Å². The largest absolute Gasteiger partial charge is 0.496 e. The van der Waals surface area contributed by atoms with Crippen LogP contribution in [0, 0.1) is 5.92 Å². The van der Waals surface area contributed by atoms with E-state index in [2.05, 4.69) is 25.2 Å².